The number of carboxylic acid groups (broad SMARTS) is 1. The third-order valence-electron chi connectivity index (χ3n) is 6.32. The van der Waals surface area contributed by atoms with E-state index in [-0.39, 0.29) is 47.7 Å². The van der Waals surface area contributed by atoms with Crippen molar-refractivity contribution < 1.29 is 38.4 Å². The molecule has 0 aliphatic carbocycles. The van der Waals surface area contributed by atoms with Crippen molar-refractivity contribution in [2.45, 2.75) is 32.2 Å². The number of carbonyl (C=O) groups excluding carboxylic acids is 4. The summed E-state index contributed by atoms with van der Waals surface area (Å²) in [6, 6.07) is -0.992. The lowest BCUT2D eigenvalue weighted by Gasteiger charge is -2.50. The second-order valence-corrected chi connectivity index (χ2v) is 11.9. The molecule has 14 nitrogen and oxygen atoms in total. The molecule has 2 aromatic rings. The van der Waals surface area contributed by atoms with Crippen molar-refractivity contribution in [1.29, 1.82) is 0 Å². The van der Waals surface area contributed by atoms with Crippen LogP contribution in [0.4, 0.5) is 10.3 Å². The highest BCUT2D eigenvalue weighted by Gasteiger charge is 2.53. The van der Waals surface area contributed by atoms with Crippen LogP contribution in [-0.4, -0.2) is 83.3 Å². The van der Waals surface area contributed by atoms with Crippen molar-refractivity contribution >= 4 is 74.2 Å². The Morgan fingerprint density at radius 2 is 2.07 bits per heavy atom. The molecule has 3 N–H and O–H groups in total. The molecule has 2 aromatic heterocycles. The van der Waals surface area contributed by atoms with Crippen LogP contribution in [0.1, 0.15) is 34.9 Å². The zero-order chi connectivity index (χ0) is 30.0. The van der Waals surface area contributed by atoms with Gasteiger partial charge in [-0.25, -0.2) is 14.3 Å². The molecule has 0 radical (unpaired) electrons. The normalized spacial score (nSPS) is 18.5. The van der Waals surface area contributed by atoms with E-state index in [0.29, 0.717) is 21.3 Å². The van der Waals surface area contributed by atoms with Crippen molar-refractivity contribution in [2.24, 2.45) is 12.2 Å². The smallest absolute Gasteiger partial charge is 0.352 e. The summed E-state index contributed by atoms with van der Waals surface area (Å²) in [6.07, 6.45) is 0. The first kappa shape index (κ1) is 30.3. The van der Waals surface area contributed by atoms with E-state index in [0.717, 1.165) is 16.2 Å². The minimum Gasteiger partial charge on any atom is -0.543 e. The van der Waals surface area contributed by atoms with Crippen LogP contribution >= 0.6 is 34.4 Å². The van der Waals surface area contributed by atoms with Gasteiger partial charge in [-0.05, 0) is 32.1 Å². The van der Waals surface area contributed by atoms with Crippen LogP contribution in [0.25, 0.3) is 0 Å². The average molecular weight is 624 g/mol. The number of anilines is 2. The molecule has 1 saturated heterocycles. The molecule has 2 aliphatic rings. The summed E-state index contributed by atoms with van der Waals surface area (Å²) in [5.41, 5.74) is 6.69. The SMILES string of the molecule is CCO/N=C(/C(=O)N[C@@H]1C(=O)N2C(C(=O)[O-])=C(CN(C)c3sc(C(=O)OCC)c(C)[n+]3C)CS[C@H]12)c1csc(N)n1. The lowest BCUT2D eigenvalue weighted by molar-refractivity contribution is -0.660. The van der Waals surface area contributed by atoms with Crippen LogP contribution in [0, 0.1) is 6.92 Å². The van der Waals surface area contributed by atoms with Crippen molar-refractivity contribution in [2.75, 3.05) is 43.2 Å². The molecule has 2 amide bonds. The molecule has 4 heterocycles. The van der Waals surface area contributed by atoms with Crippen LogP contribution in [-0.2, 0) is 31.0 Å². The number of ether oxygens (including phenoxy) is 1. The van der Waals surface area contributed by atoms with Gasteiger partial charge >= 0.3 is 11.1 Å². The van der Waals surface area contributed by atoms with Crippen LogP contribution in [0.15, 0.2) is 21.8 Å². The van der Waals surface area contributed by atoms with E-state index >= 15 is 0 Å². The summed E-state index contributed by atoms with van der Waals surface area (Å²) in [4.78, 5) is 63.3. The van der Waals surface area contributed by atoms with Gasteiger partial charge in [-0.3, -0.25) is 19.4 Å². The fourth-order valence-electron chi connectivity index (χ4n) is 4.34. The zero-order valence-corrected chi connectivity index (χ0v) is 25.4. The first-order valence-electron chi connectivity index (χ1n) is 12.5. The van der Waals surface area contributed by atoms with Crippen molar-refractivity contribution in [3.63, 3.8) is 0 Å². The monoisotopic (exact) mass is 623 g/mol. The Morgan fingerprint density at radius 1 is 1.34 bits per heavy atom. The molecule has 17 heteroatoms. The van der Waals surface area contributed by atoms with Gasteiger partial charge in [-0.2, -0.15) is 0 Å². The molecule has 0 bridgehead atoms. The van der Waals surface area contributed by atoms with Crippen molar-refractivity contribution in [3.05, 3.63) is 32.9 Å². The number of hydrogen-bond acceptors (Lipinski definition) is 14. The lowest BCUT2D eigenvalue weighted by atomic mass is 10.0. The highest BCUT2D eigenvalue weighted by molar-refractivity contribution is 8.00. The highest BCUT2D eigenvalue weighted by atomic mass is 32.2. The number of nitrogens with two attached hydrogens (primary N) is 1. The number of aromatic nitrogens is 2. The molecule has 4 rings (SSSR count). The van der Waals surface area contributed by atoms with E-state index in [1.807, 2.05) is 4.57 Å². The van der Waals surface area contributed by atoms with Crippen molar-refractivity contribution in [1.82, 2.24) is 15.2 Å². The first-order valence-corrected chi connectivity index (χ1v) is 15.2. The summed E-state index contributed by atoms with van der Waals surface area (Å²) < 4.78 is 6.97. The van der Waals surface area contributed by atoms with E-state index in [1.54, 1.807) is 45.1 Å². The molecule has 0 saturated carbocycles. The fourth-order valence-corrected chi connectivity index (χ4v) is 7.32. The number of thioether (sulfide) groups is 1. The molecule has 220 valence electrons. The number of aliphatic carboxylic acids is 1. The maximum atomic E-state index is 13.2. The van der Waals surface area contributed by atoms with E-state index in [9.17, 15) is 24.3 Å². The van der Waals surface area contributed by atoms with E-state index in [1.165, 1.54) is 23.1 Å². The van der Waals surface area contributed by atoms with Gasteiger partial charge in [-0.15, -0.1) is 23.1 Å². The molecule has 41 heavy (non-hydrogen) atoms. The number of thiazole rings is 2. The average Bonchev–Trinajstić information content (AvgIpc) is 3.49. The second kappa shape index (κ2) is 12.4. The van der Waals surface area contributed by atoms with Gasteiger partial charge < -0.3 is 30.5 Å². The van der Waals surface area contributed by atoms with Gasteiger partial charge in [-0.1, -0.05) is 5.16 Å². The minimum absolute atomic E-state index is 0.147. The quantitative estimate of drug-likeness (QED) is 0.107. The van der Waals surface area contributed by atoms with Gasteiger partial charge in [0.25, 0.3) is 11.8 Å². The molecular weight excluding hydrogens is 595 g/mol. The summed E-state index contributed by atoms with van der Waals surface area (Å²) in [5, 5.41) is 20.5. The Balaban J connectivity index is 1.53. The number of amides is 2. The number of carboxylic acids is 1. The number of carbonyl (C=O) groups is 4. The number of nitrogens with zero attached hydrogens (tertiary/aromatic N) is 5. The third-order valence-corrected chi connectivity index (χ3v) is 9.77. The van der Waals surface area contributed by atoms with Gasteiger partial charge in [0.2, 0.25) is 0 Å². The van der Waals surface area contributed by atoms with Gasteiger partial charge in [0.05, 0.1) is 32.4 Å². The second-order valence-electron chi connectivity index (χ2n) is 8.96. The molecule has 1 fully saturated rings. The zero-order valence-electron chi connectivity index (χ0n) is 23.0. The molecule has 2 aliphatic heterocycles. The molecular formula is C24H29N7O7S3. The number of nitrogens with one attached hydrogen (secondary N) is 1. The van der Waals surface area contributed by atoms with E-state index in [4.69, 9.17) is 15.3 Å². The van der Waals surface area contributed by atoms with Crippen LogP contribution in [0.2, 0.25) is 0 Å². The molecule has 2 atom stereocenters. The predicted molar refractivity (Wildman–Crippen MR) is 151 cm³/mol. The topological polar surface area (TPSA) is 183 Å². The van der Waals surface area contributed by atoms with Gasteiger partial charge in [0.1, 0.15) is 36.0 Å². The van der Waals surface area contributed by atoms with Gasteiger partial charge in [0, 0.05) is 16.7 Å². The Kier molecular flexibility index (Phi) is 9.18. The fraction of sp³-hybridized carbons (Fsp3) is 0.458. The van der Waals surface area contributed by atoms with Crippen LogP contribution in [0.3, 0.4) is 0 Å². The number of β-lactam (4-membered cyclic amide) rings is 1. The number of fused-ring (bicyclic) bond motifs is 1. The largest absolute Gasteiger partial charge is 0.543 e. The number of hydrogen-bond donors (Lipinski definition) is 2. The Bertz CT molecular complexity index is 1450. The van der Waals surface area contributed by atoms with Crippen LogP contribution < -0.4 is 25.6 Å². The van der Waals surface area contributed by atoms with Gasteiger partial charge in [0.15, 0.2) is 15.7 Å². The number of esters is 1. The predicted octanol–water partition coefficient (Wildman–Crippen LogP) is -0.623. The number of rotatable bonds is 11. The van der Waals surface area contributed by atoms with Crippen LogP contribution in [0.5, 0.6) is 0 Å². The molecule has 0 unspecified atom stereocenters. The third kappa shape index (κ3) is 5.87. The summed E-state index contributed by atoms with van der Waals surface area (Å²) in [7, 11) is 3.57. The summed E-state index contributed by atoms with van der Waals surface area (Å²) >= 11 is 3.67. The standard InChI is InChI=1S/C24H29N7O7S3/c1-6-37-22(36)17-11(3)30(5)24(41-17)29(4)8-12-9-39-20-15(19(33)31(20)16(12)21(34)35)27-18(32)14(28-38-7-2)13-10-40-23(25)26-13/h10,15,20H,6-9H2,1-5H3,(H3-,25,26,27,32,34,35)/b28-14+/t15-,20-/m1/s1. The maximum Gasteiger partial charge on any atom is 0.352 e. The number of nitrogen functional groups attached to an aromatic ring is 1. The molecule has 0 aromatic carbocycles. The highest BCUT2D eigenvalue weighted by Crippen LogP contribution is 2.40. The first-order chi connectivity index (χ1) is 19.5. The Labute approximate surface area is 247 Å². The molecule has 0 spiro atoms. The summed E-state index contributed by atoms with van der Waals surface area (Å²) in [5.74, 6) is -2.94. The minimum atomic E-state index is -1.49. The van der Waals surface area contributed by atoms with Crippen molar-refractivity contribution in [3.8, 4) is 0 Å². The summed E-state index contributed by atoms with van der Waals surface area (Å²) in [6.45, 7) is 5.84. The maximum absolute atomic E-state index is 13.2. The Hall–Kier alpha value is -3.70. The van der Waals surface area contributed by atoms with E-state index in [2.05, 4.69) is 15.5 Å². The Morgan fingerprint density at radius 3 is 2.68 bits per heavy atom. The number of likely N-dealkylation sites (N-methyl/N-ethyl adjacent to an activating group) is 1. The number of oxime groups is 1. The van der Waals surface area contributed by atoms with E-state index < -0.39 is 35.2 Å². The lowest BCUT2D eigenvalue weighted by Crippen LogP contribution is -2.71.